The molecular formula is C15H16S2. The van der Waals surface area contributed by atoms with Gasteiger partial charge in [-0.2, -0.15) is 25.3 Å². The Kier molecular flexibility index (Phi) is 3.55. The molecule has 0 spiro atoms. The molecule has 2 aromatic carbocycles. The van der Waals surface area contributed by atoms with Crippen molar-refractivity contribution in [2.75, 3.05) is 0 Å². The van der Waals surface area contributed by atoms with Gasteiger partial charge in [-0.25, -0.2) is 0 Å². The van der Waals surface area contributed by atoms with E-state index in [1.165, 1.54) is 11.1 Å². The maximum Gasteiger partial charge on any atom is 0.106 e. The SMILES string of the molecule is Cc1cccc(C(S)(S)c2cccc(C)c2)c1. The van der Waals surface area contributed by atoms with Crippen LogP contribution in [-0.2, 0) is 4.08 Å². The summed E-state index contributed by atoms with van der Waals surface area (Å²) in [7, 11) is 0. The van der Waals surface area contributed by atoms with Gasteiger partial charge in [-0.1, -0.05) is 59.7 Å². The summed E-state index contributed by atoms with van der Waals surface area (Å²) in [5, 5.41) is 0. The van der Waals surface area contributed by atoms with E-state index >= 15 is 0 Å². The third-order valence-corrected chi connectivity index (χ3v) is 3.87. The Bertz CT molecular complexity index is 482. The van der Waals surface area contributed by atoms with Crippen molar-refractivity contribution in [2.45, 2.75) is 17.9 Å². The molecule has 0 aliphatic carbocycles. The number of thiol groups is 2. The summed E-state index contributed by atoms with van der Waals surface area (Å²) < 4.78 is -0.544. The first-order valence-electron chi connectivity index (χ1n) is 5.59. The van der Waals surface area contributed by atoms with Crippen LogP contribution in [0.15, 0.2) is 48.5 Å². The molecule has 0 N–H and O–H groups in total. The fourth-order valence-electron chi connectivity index (χ4n) is 1.89. The highest BCUT2D eigenvalue weighted by atomic mass is 32.2. The molecule has 0 amide bonds. The van der Waals surface area contributed by atoms with E-state index in [2.05, 4.69) is 50.2 Å². The van der Waals surface area contributed by atoms with Crippen molar-refractivity contribution in [1.82, 2.24) is 0 Å². The van der Waals surface area contributed by atoms with Crippen molar-refractivity contribution in [1.29, 1.82) is 0 Å². The molecule has 2 heteroatoms. The van der Waals surface area contributed by atoms with Gasteiger partial charge < -0.3 is 0 Å². The largest absolute Gasteiger partial charge is 0.152 e. The number of hydrogen-bond donors (Lipinski definition) is 2. The predicted molar refractivity (Wildman–Crippen MR) is 81.1 cm³/mol. The smallest absolute Gasteiger partial charge is 0.106 e. The Labute approximate surface area is 114 Å². The number of hydrogen-bond acceptors (Lipinski definition) is 2. The first-order chi connectivity index (χ1) is 8.00. The molecule has 0 aliphatic heterocycles. The van der Waals surface area contributed by atoms with E-state index in [0.29, 0.717) is 0 Å². The molecule has 2 aromatic rings. The van der Waals surface area contributed by atoms with Gasteiger partial charge in [0, 0.05) is 0 Å². The van der Waals surface area contributed by atoms with Crippen molar-refractivity contribution in [3.8, 4) is 0 Å². The van der Waals surface area contributed by atoms with Crippen LogP contribution in [-0.4, -0.2) is 0 Å². The van der Waals surface area contributed by atoms with Crippen LogP contribution in [0.2, 0.25) is 0 Å². The minimum Gasteiger partial charge on any atom is -0.152 e. The van der Waals surface area contributed by atoms with Crippen molar-refractivity contribution in [3.63, 3.8) is 0 Å². The molecule has 0 saturated heterocycles. The molecule has 0 aromatic heterocycles. The lowest BCUT2D eigenvalue weighted by Gasteiger charge is -2.24. The molecule has 0 nitrogen and oxygen atoms in total. The molecule has 0 radical (unpaired) electrons. The van der Waals surface area contributed by atoms with Gasteiger partial charge in [-0.05, 0) is 25.0 Å². The van der Waals surface area contributed by atoms with Gasteiger partial charge in [0.2, 0.25) is 0 Å². The lowest BCUT2D eigenvalue weighted by atomic mass is 10.0. The molecule has 0 heterocycles. The molecule has 2 rings (SSSR count). The van der Waals surface area contributed by atoms with Crippen molar-refractivity contribution in [3.05, 3.63) is 70.8 Å². The summed E-state index contributed by atoms with van der Waals surface area (Å²) >= 11 is 9.45. The van der Waals surface area contributed by atoms with Crippen LogP contribution in [0.3, 0.4) is 0 Å². The number of benzene rings is 2. The molecule has 88 valence electrons. The third kappa shape index (κ3) is 2.70. The van der Waals surface area contributed by atoms with E-state index in [1.807, 2.05) is 12.1 Å². The minimum atomic E-state index is -0.544. The Balaban J connectivity index is 2.49. The zero-order valence-corrected chi connectivity index (χ0v) is 11.8. The van der Waals surface area contributed by atoms with Gasteiger partial charge in [-0.15, -0.1) is 0 Å². The zero-order valence-electron chi connectivity index (χ0n) is 10.0. The van der Waals surface area contributed by atoms with Crippen LogP contribution in [0.25, 0.3) is 0 Å². The standard InChI is InChI=1S/C15H16S2/c1-11-5-3-7-13(9-11)15(16,17)14-8-4-6-12(2)10-14/h3-10,16-17H,1-2H3. The van der Waals surface area contributed by atoms with Crippen LogP contribution in [0, 0.1) is 13.8 Å². The van der Waals surface area contributed by atoms with Crippen molar-refractivity contribution < 1.29 is 0 Å². The highest BCUT2D eigenvalue weighted by Gasteiger charge is 2.25. The fraction of sp³-hybridized carbons (Fsp3) is 0.200. The molecule has 0 bridgehead atoms. The van der Waals surface area contributed by atoms with Crippen LogP contribution in [0.4, 0.5) is 0 Å². The molecule has 0 aliphatic rings. The van der Waals surface area contributed by atoms with E-state index in [4.69, 9.17) is 25.3 Å². The monoisotopic (exact) mass is 260 g/mol. The highest BCUT2D eigenvalue weighted by molar-refractivity contribution is 8.00. The van der Waals surface area contributed by atoms with Gasteiger partial charge in [0.05, 0.1) is 0 Å². The molecule has 0 saturated carbocycles. The second-order valence-electron chi connectivity index (χ2n) is 4.41. The average molecular weight is 260 g/mol. The summed E-state index contributed by atoms with van der Waals surface area (Å²) in [6.07, 6.45) is 0. The number of rotatable bonds is 2. The number of aryl methyl sites for hydroxylation is 2. The normalized spacial score (nSPS) is 11.5. The molecule has 17 heavy (non-hydrogen) atoms. The van der Waals surface area contributed by atoms with E-state index in [1.54, 1.807) is 0 Å². The fourth-order valence-corrected chi connectivity index (χ4v) is 2.45. The second-order valence-corrected chi connectivity index (χ2v) is 6.11. The van der Waals surface area contributed by atoms with Crippen LogP contribution in [0.5, 0.6) is 0 Å². The van der Waals surface area contributed by atoms with E-state index in [-0.39, 0.29) is 0 Å². The van der Waals surface area contributed by atoms with Crippen molar-refractivity contribution >= 4 is 25.3 Å². The summed E-state index contributed by atoms with van der Waals surface area (Å²) in [5.41, 5.74) is 4.66. The predicted octanol–water partition coefficient (Wildman–Crippen LogP) is 4.36. The van der Waals surface area contributed by atoms with Gasteiger partial charge in [0.1, 0.15) is 4.08 Å². The van der Waals surface area contributed by atoms with Crippen LogP contribution >= 0.6 is 25.3 Å². The summed E-state index contributed by atoms with van der Waals surface area (Å²) in [5.74, 6) is 0. The topological polar surface area (TPSA) is 0 Å². The molecular weight excluding hydrogens is 244 g/mol. The Hall–Kier alpha value is -0.860. The third-order valence-electron chi connectivity index (χ3n) is 2.84. The van der Waals surface area contributed by atoms with Gasteiger partial charge in [0.25, 0.3) is 0 Å². The Morgan fingerprint density at radius 1 is 0.765 bits per heavy atom. The molecule has 0 fully saturated rings. The van der Waals surface area contributed by atoms with Gasteiger partial charge in [-0.3, -0.25) is 0 Å². The lowest BCUT2D eigenvalue weighted by molar-refractivity contribution is 1.08. The van der Waals surface area contributed by atoms with Gasteiger partial charge >= 0.3 is 0 Å². The van der Waals surface area contributed by atoms with E-state index in [0.717, 1.165) is 11.1 Å². The Morgan fingerprint density at radius 3 is 1.53 bits per heavy atom. The van der Waals surface area contributed by atoms with E-state index in [9.17, 15) is 0 Å². The quantitative estimate of drug-likeness (QED) is 0.581. The first-order valence-corrected chi connectivity index (χ1v) is 6.48. The van der Waals surface area contributed by atoms with Gasteiger partial charge in [0.15, 0.2) is 0 Å². The van der Waals surface area contributed by atoms with Crippen LogP contribution in [0.1, 0.15) is 22.3 Å². The first kappa shape index (κ1) is 12.6. The summed E-state index contributed by atoms with van der Waals surface area (Å²) in [4.78, 5) is 0. The van der Waals surface area contributed by atoms with Crippen LogP contribution < -0.4 is 0 Å². The summed E-state index contributed by atoms with van der Waals surface area (Å²) in [6, 6.07) is 16.6. The second kappa shape index (κ2) is 4.79. The lowest BCUT2D eigenvalue weighted by Crippen LogP contribution is -2.12. The highest BCUT2D eigenvalue weighted by Crippen LogP contribution is 2.40. The maximum atomic E-state index is 4.72. The zero-order chi connectivity index (χ0) is 12.5. The van der Waals surface area contributed by atoms with E-state index < -0.39 is 4.08 Å². The maximum absolute atomic E-state index is 4.72. The molecule has 0 unspecified atom stereocenters. The molecule has 0 atom stereocenters. The van der Waals surface area contributed by atoms with Crippen molar-refractivity contribution in [2.24, 2.45) is 0 Å². The average Bonchev–Trinajstić information content (AvgIpc) is 2.29. The summed E-state index contributed by atoms with van der Waals surface area (Å²) in [6.45, 7) is 4.16. The Morgan fingerprint density at radius 2 is 1.18 bits per heavy atom. The minimum absolute atomic E-state index is 0.544.